The van der Waals surface area contributed by atoms with Crippen molar-refractivity contribution in [3.63, 3.8) is 0 Å². The number of rotatable bonds is 5. The van der Waals surface area contributed by atoms with Gasteiger partial charge < -0.3 is 4.74 Å². The van der Waals surface area contributed by atoms with Gasteiger partial charge in [0.15, 0.2) is 0 Å². The molecule has 12 nitrogen and oxygen atoms in total. The van der Waals surface area contributed by atoms with Gasteiger partial charge in [-0.25, -0.2) is 5.01 Å². The van der Waals surface area contributed by atoms with Crippen LogP contribution in [0.3, 0.4) is 0 Å². The number of anilines is 1. The molecule has 2 aromatic rings. The van der Waals surface area contributed by atoms with Crippen LogP contribution in [0.15, 0.2) is 59.4 Å². The van der Waals surface area contributed by atoms with Crippen LogP contribution in [-0.4, -0.2) is 32.1 Å². The molecule has 0 fully saturated rings. The highest BCUT2D eigenvalue weighted by Crippen LogP contribution is 2.44. The summed E-state index contributed by atoms with van der Waals surface area (Å²) in [5.41, 5.74) is -0.592. The minimum Gasteiger partial charge on any atom is -0.489 e. The summed E-state index contributed by atoms with van der Waals surface area (Å²) >= 11 is 0. The monoisotopic (exact) mass is 439 g/mol. The Hall–Kier alpha value is -4.35. The van der Waals surface area contributed by atoms with Crippen LogP contribution in [0.5, 0.6) is 0 Å². The Kier molecular flexibility index (Phi) is 4.84. The van der Waals surface area contributed by atoms with E-state index in [4.69, 9.17) is 4.74 Å². The number of nitro groups is 3. The maximum absolute atomic E-state index is 11.7. The van der Waals surface area contributed by atoms with Crippen molar-refractivity contribution in [2.24, 2.45) is 5.10 Å². The Morgan fingerprint density at radius 1 is 1.00 bits per heavy atom. The van der Waals surface area contributed by atoms with E-state index in [2.05, 4.69) is 5.10 Å². The highest BCUT2D eigenvalue weighted by Gasteiger charge is 2.49. The van der Waals surface area contributed by atoms with Crippen LogP contribution >= 0.6 is 0 Å². The van der Waals surface area contributed by atoms with E-state index in [0.29, 0.717) is 23.5 Å². The van der Waals surface area contributed by atoms with Crippen molar-refractivity contribution >= 4 is 28.5 Å². The Labute approximate surface area is 180 Å². The molecule has 2 aromatic carbocycles. The second-order valence-electron chi connectivity index (χ2n) is 7.70. The summed E-state index contributed by atoms with van der Waals surface area (Å²) in [6.45, 7) is 3.60. The Morgan fingerprint density at radius 3 is 2.22 bits per heavy atom. The molecule has 2 unspecified atom stereocenters. The average molecular weight is 439 g/mol. The molecular formula is C20H17N5O7. The van der Waals surface area contributed by atoms with Crippen LogP contribution in [0.2, 0.25) is 0 Å². The van der Waals surface area contributed by atoms with Crippen molar-refractivity contribution in [1.29, 1.82) is 0 Å². The summed E-state index contributed by atoms with van der Waals surface area (Å²) in [6, 6.07) is 8.69. The molecule has 2 aliphatic heterocycles. The van der Waals surface area contributed by atoms with Crippen LogP contribution < -0.4 is 5.01 Å². The van der Waals surface area contributed by atoms with E-state index in [0.717, 1.165) is 6.07 Å². The molecule has 12 heteroatoms. The number of hydrazone groups is 1. The van der Waals surface area contributed by atoms with Gasteiger partial charge in [0, 0.05) is 24.6 Å². The fourth-order valence-electron chi connectivity index (χ4n) is 4.00. The van der Waals surface area contributed by atoms with E-state index in [-0.39, 0.29) is 11.4 Å². The first-order valence-electron chi connectivity index (χ1n) is 9.51. The van der Waals surface area contributed by atoms with E-state index in [1.54, 1.807) is 25.1 Å². The molecule has 32 heavy (non-hydrogen) atoms. The smallest absolute Gasteiger partial charge is 0.301 e. The van der Waals surface area contributed by atoms with Crippen molar-refractivity contribution < 1.29 is 19.5 Å². The zero-order chi connectivity index (χ0) is 23.2. The Morgan fingerprint density at radius 2 is 1.62 bits per heavy atom. The lowest BCUT2D eigenvalue weighted by Crippen LogP contribution is -2.52. The van der Waals surface area contributed by atoms with Gasteiger partial charge in [0.1, 0.15) is 17.3 Å². The third-order valence-electron chi connectivity index (χ3n) is 5.45. The summed E-state index contributed by atoms with van der Waals surface area (Å²) in [7, 11) is 0. The topological polar surface area (TPSA) is 154 Å². The molecule has 0 aliphatic carbocycles. The predicted molar refractivity (Wildman–Crippen MR) is 114 cm³/mol. The maximum Gasteiger partial charge on any atom is 0.301 e. The highest BCUT2D eigenvalue weighted by molar-refractivity contribution is 6.03. The van der Waals surface area contributed by atoms with Crippen LogP contribution in [-0.2, 0) is 4.74 Å². The first kappa shape index (κ1) is 20.9. The minimum absolute atomic E-state index is 0.0745. The van der Waals surface area contributed by atoms with Gasteiger partial charge in [-0.1, -0.05) is 0 Å². The van der Waals surface area contributed by atoms with Gasteiger partial charge in [-0.15, -0.1) is 0 Å². The molecule has 0 amide bonds. The van der Waals surface area contributed by atoms with Crippen molar-refractivity contribution in [3.05, 3.63) is 90.2 Å². The van der Waals surface area contributed by atoms with Crippen molar-refractivity contribution in [1.82, 2.24) is 0 Å². The second-order valence-corrected chi connectivity index (χ2v) is 7.70. The van der Waals surface area contributed by atoms with Gasteiger partial charge in [0.05, 0.1) is 32.3 Å². The van der Waals surface area contributed by atoms with Crippen LogP contribution in [0.1, 0.15) is 25.8 Å². The molecule has 0 N–H and O–H groups in total. The molecule has 4 rings (SSSR count). The average Bonchev–Trinajstić information content (AvgIpc) is 3.06. The molecule has 0 saturated heterocycles. The quantitative estimate of drug-likeness (QED) is 0.498. The second kappa shape index (κ2) is 7.41. The van der Waals surface area contributed by atoms with E-state index in [1.165, 1.54) is 29.3 Å². The summed E-state index contributed by atoms with van der Waals surface area (Å²) in [5, 5.41) is 39.9. The van der Waals surface area contributed by atoms with Gasteiger partial charge in [0.25, 0.3) is 11.4 Å². The fraction of sp³-hybridized carbons (Fsp3) is 0.250. The molecular weight excluding hydrogens is 422 g/mol. The van der Waals surface area contributed by atoms with E-state index < -0.39 is 37.8 Å². The largest absolute Gasteiger partial charge is 0.489 e. The van der Waals surface area contributed by atoms with Gasteiger partial charge in [-0.3, -0.25) is 30.3 Å². The first-order valence-corrected chi connectivity index (χ1v) is 9.51. The standard InChI is InChI=1S/C20H17N5O7/c1-12-9-19-20(2,32-12)11-16(13-3-5-14(6-4-13)23(26)27)21-22(19)17-8-7-15(24(28)29)10-18(17)25(30)31/h3-10,19H,11H2,1-2H3. The maximum atomic E-state index is 11.7. The molecule has 0 bridgehead atoms. The SMILES string of the molecule is CC1=CC2N(c3ccc([N+](=O)[O-])cc3[N+](=O)[O-])N=C(c3ccc([N+](=O)[O-])cc3)CC2(C)O1. The normalized spacial score (nSPS) is 21.8. The summed E-state index contributed by atoms with van der Waals surface area (Å²) in [5.74, 6) is 0.618. The number of hydrogen-bond acceptors (Lipinski definition) is 9. The molecule has 0 aromatic heterocycles. The predicted octanol–water partition coefficient (Wildman–Crippen LogP) is 4.09. The number of benzene rings is 2. The first-order chi connectivity index (χ1) is 15.1. The molecule has 2 atom stereocenters. The molecule has 164 valence electrons. The fourth-order valence-corrected chi connectivity index (χ4v) is 4.00. The lowest BCUT2D eigenvalue weighted by atomic mass is 9.86. The summed E-state index contributed by atoms with van der Waals surface area (Å²) in [4.78, 5) is 31.9. The summed E-state index contributed by atoms with van der Waals surface area (Å²) < 4.78 is 6.03. The van der Waals surface area contributed by atoms with Gasteiger partial charge >= 0.3 is 5.69 Å². The third kappa shape index (κ3) is 3.51. The van der Waals surface area contributed by atoms with E-state index in [9.17, 15) is 30.3 Å². The lowest BCUT2D eigenvalue weighted by Gasteiger charge is -2.41. The van der Waals surface area contributed by atoms with Gasteiger partial charge in [-0.2, -0.15) is 5.10 Å². The Balaban J connectivity index is 1.86. The zero-order valence-electron chi connectivity index (χ0n) is 17.0. The number of nitro benzene ring substituents is 3. The Bertz CT molecular complexity index is 1210. The highest BCUT2D eigenvalue weighted by atomic mass is 16.6. The number of nitrogens with zero attached hydrogens (tertiary/aromatic N) is 5. The number of non-ortho nitro benzene ring substituents is 2. The van der Waals surface area contributed by atoms with Crippen LogP contribution in [0, 0.1) is 30.3 Å². The van der Waals surface area contributed by atoms with Crippen LogP contribution in [0.4, 0.5) is 22.7 Å². The van der Waals surface area contributed by atoms with Crippen molar-refractivity contribution in [2.75, 3.05) is 5.01 Å². The van der Waals surface area contributed by atoms with Gasteiger partial charge in [0.2, 0.25) is 0 Å². The zero-order valence-corrected chi connectivity index (χ0v) is 17.0. The molecule has 0 saturated carbocycles. The minimum atomic E-state index is -0.821. The number of ether oxygens (including phenoxy) is 1. The third-order valence-corrected chi connectivity index (χ3v) is 5.45. The lowest BCUT2D eigenvalue weighted by molar-refractivity contribution is -0.393. The molecule has 0 radical (unpaired) electrons. The number of fused-ring (bicyclic) bond motifs is 1. The van der Waals surface area contributed by atoms with Crippen LogP contribution in [0.25, 0.3) is 0 Å². The molecule has 2 aliphatic rings. The van der Waals surface area contributed by atoms with Gasteiger partial charge in [-0.05, 0) is 43.7 Å². The van der Waals surface area contributed by atoms with Crippen molar-refractivity contribution in [3.8, 4) is 0 Å². The van der Waals surface area contributed by atoms with E-state index in [1.807, 2.05) is 6.92 Å². The van der Waals surface area contributed by atoms with Crippen molar-refractivity contribution in [2.45, 2.75) is 31.9 Å². The number of hydrogen-bond donors (Lipinski definition) is 0. The number of allylic oxidation sites excluding steroid dienone is 1. The molecule has 0 spiro atoms. The summed E-state index contributed by atoms with van der Waals surface area (Å²) in [6.07, 6.45) is 2.14. The molecule has 2 heterocycles. The van der Waals surface area contributed by atoms with E-state index >= 15 is 0 Å².